The molecule has 2 aromatic rings. The summed E-state index contributed by atoms with van der Waals surface area (Å²) in [5.74, 6) is 2.93. The van der Waals surface area contributed by atoms with Gasteiger partial charge < -0.3 is 19.5 Å². The van der Waals surface area contributed by atoms with Crippen LogP contribution >= 0.6 is 11.8 Å². The van der Waals surface area contributed by atoms with Crippen LogP contribution in [0.3, 0.4) is 0 Å². The molecular weight excluding hydrogens is 408 g/mol. The van der Waals surface area contributed by atoms with Crippen LogP contribution in [0.15, 0.2) is 40.5 Å². The maximum absolute atomic E-state index is 5.82. The molecule has 0 radical (unpaired) electrons. The van der Waals surface area contributed by atoms with Gasteiger partial charge in [0.2, 0.25) is 0 Å². The lowest BCUT2D eigenvalue weighted by Crippen LogP contribution is -2.41. The topological polar surface area (TPSA) is 67.6 Å². The second kappa shape index (κ2) is 12.6. The third-order valence-electron chi connectivity index (χ3n) is 5.56. The highest BCUT2D eigenvalue weighted by Crippen LogP contribution is 2.33. The largest absolute Gasteiger partial charge is 0.492 e. The summed E-state index contributed by atoms with van der Waals surface area (Å²) in [5.41, 5.74) is 0. The van der Waals surface area contributed by atoms with E-state index >= 15 is 0 Å². The van der Waals surface area contributed by atoms with E-state index in [4.69, 9.17) is 9.73 Å². The zero-order valence-corrected chi connectivity index (χ0v) is 19.9. The van der Waals surface area contributed by atoms with Crippen molar-refractivity contribution in [1.82, 2.24) is 25.0 Å². The van der Waals surface area contributed by atoms with E-state index in [1.165, 1.54) is 25.7 Å². The minimum Gasteiger partial charge on any atom is -0.492 e. The normalized spacial score (nSPS) is 14.7. The lowest BCUT2D eigenvalue weighted by Gasteiger charge is -2.22. The van der Waals surface area contributed by atoms with Gasteiger partial charge in [-0.15, -0.1) is 10.2 Å². The number of rotatable bonds is 11. The number of aryl methyl sites for hydroxylation is 1. The van der Waals surface area contributed by atoms with Gasteiger partial charge >= 0.3 is 0 Å². The Balaban J connectivity index is 1.49. The molecule has 1 aliphatic carbocycles. The van der Waals surface area contributed by atoms with Crippen LogP contribution in [0.1, 0.15) is 50.9 Å². The van der Waals surface area contributed by atoms with Crippen molar-refractivity contribution in [2.45, 2.75) is 56.6 Å². The molecule has 0 spiro atoms. The third kappa shape index (κ3) is 6.89. The number of benzene rings is 1. The number of nitrogens with zero attached hydrogens (tertiary/aromatic N) is 5. The Labute approximate surface area is 190 Å². The number of aromatic nitrogens is 3. The van der Waals surface area contributed by atoms with E-state index in [1.54, 1.807) is 11.8 Å². The molecule has 31 heavy (non-hydrogen) atoms. The quantitative estimate of drug-likeness (QED) is 0.244. The standard InChI is InChI=1S/C23H36N6OS/c1-4-24-22(28(2)17-18-30-20-13-6-5-7-14-20)25-16-10-15-21-26-27-23(31-3)29(21)19-11-8-9-12-19/h5-7,13-14,19H,4,8-12,15-18H2,1-3H3,(H,24,25). The van der Waals surface area contributed by atoms with Gasteiger partial charge in [-0.05, 0) is 44.6 Å². The van der Waals surface area contributed by atoms with Gasteiger partial charge in [0, 0.05) is 32.6 Å². The third-order valence-corrected chi connectivity index (χ3v) is 6.21. The number of ether oxygens (including phenoxy) is 1. The molecule has 7 nitrogen and oxygen atoms in total. The van der Waals surface area contributed by atoms with E-state index in [1.807, 2.05) is 30.3 Å². The van der Waals surface area contributed by atoms with Crippen molar-refractivity contribution in [3.05, 3.63) is 36.2 Å². The number of nitrogens with one attached hydrogen (secondary N) is 1. The first kappa shape index (κ1) is 23.4. The van der Waals surface area contributed by atoms with Crippen molar-refractivity contribution < 1.29 is 4.74 Å². The Morgan fingerprint density at radius 3 is 2.74 bits per heavy atom. The monoisotopic (exact) mass is 444 g/mol. The predicted molar refractivity (Wildman–Crippen MR) is 128 cm³/mol. The Bertz CT molecular complexity index is 804. The smallest absolute Gasteiger partial charge is 0.193 e. The molecule has 1 aromatic carbocycles. The van der Waals surface area contributed by atoms with Gasteiger partial charge in [-0.2, -0.15) is 0 Å². The summed E-state index contributed by atoms with van der Waals surface area (Å²) < 4.78 is 8.21. The van der Waals surface area contributed by atoms with E-state index in [9.17, 15) is 0 Å². The first-order chi connectivity index (χ1) is 15.2. The highest BCUT2D eigenvalue weighted by molar-refractivity contribution is 7.98. The van der Waals surface area contributed by atoms with Crippen LogP contribution in [0.5, 0.6) is 5.75 Å². The fourth-order valence-electron chi connectivity index (χ4n) is 3.96. The number of hydrogen-bond donors (Lipinski definition) is 1. The number of hydrogen-bond acceptors (Lipinski definition) is 5. The van der Waals surface area contributed by atoms with Gasteiger partial charge in [0.15, 0.2) is 11.1 Å². The number of thioether (sulfide) groups is 1. The van der Waals surface area contributed by atoms with Crippen LogP contribution in [0.25, 0.3) is 0 Å². The molecule has 0 amide bonds. The Morgan fingerprint density at radius 2 is 2.03 bits per heavy atom. The summed E-state index contributed by atoms with van der Waals surface area (Å²) in [6, 6.07) is 10.5. The van der Waals surface area contributed by atoms with Gasteiger partial charge in [-0.25, -0.2) is 0 Å². The molecule has 0 aliphatic heterocycles. The van der Waals surface area contributed by atoms with E-state index in [2.05, 4.69) is 45.2 Å². The zero-order valence-electron chi connectivity index (χ0n) is 19.1. The number of likely N-dealkylation sites (N-methyl/N-ethyl adjacent to an activating group) is 1. The van der Waals surface area contributed by atoms with Gasteiger partial charge in [-0.1, -0.05) is 42.8 Å². The molecule has 0 atom stereocenters. The summed E-state index contributed by atoms with van der Waals surface area (Å²) in [6.07, 6.45) is 9.08. The van der Waals surface area contributed by atoms with Crippen LogP contribution in [0, 0.1) is 0 Å². The predicted octanol–water partition coefficient (Wildman–Crippen LogP) is 4.02. The average molecular weight is 445 g/mol. The molecule has 1 aromatic heterocycles. The van der Waals surface area contributed by atoms with Crippen molar-refractivity contribution in [2.24, 2.45) is 4.99 Å². The summed E-state index contributed by atoms with van der Waals surface area (Å²) in [7, 11) is 2.05. The molecule has 1 heterocycles. The van der Waals surface area contributed by atoms with Crippen molar-refractivity contribution in [2.75, 3.05) is 39.5 Å². The number of para-hydroxylation sites is 1. The average Bonchev–Trinajstić information content (AvgIpc) is 3.46. The highest BCUT2D eigenvalue weighted by Gasteiger charge is 2.23. The van der Waals surface area contributed by atoms with Crippen LogP contribution < -0.4 is 10.1 Å². The Morgan fingerprint density at radius 1 is 1.26 bits per heavy atom. The van der Waals surface area contributed by atoms with Gasteiger partial charge in [-0.3, -0.25) is 4.99 Å². The Kier molecular flexibility index (Phi) is 9.52. The van der Waals surface area contributed by atoms with Gasteiger partial charge in [0.25, 0.3) is 0 Å². The minimum atomic E-state index is 0.573. The van der Waals surface area contributed by atoms with Gasteiger partial charge in [0.05, 0.1) is 6.54 Å². The lowest BCUT2D eigenvalue weighted by atomic mass is 10.2. The van der Waals surface area contributed by atoms with Crippen LogP contribution in [0.4, 0.5) is 0 Å². The van der Waals surface area contributed by atoms with Crippen molar-refractivity contribution in [3.63, 3.8) is 0 Å². The van der Waals surface area contributed by atoms with E-state index in [0.29, 0.717) is 12.6 Å². The summed E-state index contributed by atoms with van der Waals surface area (Å²) in [5, 5.41) is 13.3. The van der Waals surface area contributed by atoms with Crippen LogP contribution in [0.2, 0.25) is 0 Å². The molecule has 3 rings (SSSR count). The van der Waals surface area contributed by atoms with E-state index in [0.717, 1.165) is 55.2 Å². The lowest BCUT2D eigenvalue weighted by molar-refractivity contribution is 0.281. The molecule has 170 valence electrons. The first-order valence-electron chi connectivity index (χ1n) is 11.4. The van der Waals surface area contributed by atoms with E-state index < -0.39 is 0 Å². The van der Waals surface area contributed by atoms with Crippen molar-refractivity contribution in [3.8, 4) is 5.75 Å². The van der Waals surface area contributed by atoms with Crippen LogP contribution in [-0.2, 0) is 6.42 Å². The summed E-state index contributed by atoms with van der Waals surface area (Å²) >= 11 is 1.70. The fourth-order valence-corrected chi connectivity index (χ4v) is 4.53. The SMILES string of the molecule is CCNC(=NCCCc1nnc(SC)n1C1CCCC1)N(C)CCOc1ccccc1. The van der Waals surface area contributed by atoms with E-state index in [-0.39, 0.29) is 0 Å². The highest BCUT2D eigenvalue weighted by atomic mass is 32.2. The van der Waals surface area contributed by atoms with Gasteiger partial charge in [0.1, 0.15) is 18.2 Å². The molecule has 0 saturated heterocycles. The molecule has 1 fully saturated rings. The summed E-state index contributed by atoms with van der Waals surface area (Å²) in [6.45, 7) is 5.09. The van der Waals surface area contributed by atoms with Crippen LogP contribution in [-0.4, -0.2) is 65.2 Å². The second-order valence-corrected chi connectivity index (χ2v) is 8.61. The second-order valence-electron chi connectivity index (χ2n) is 7.83. The molecular formula is C23H36N6OS. The Hall–Kier alpha value is -2.22. The zero-order chi connectivity index (χ0) is 21.9. The maximum Gasteiger partial charge on any atom is 0.193 e. The summed E-state index contributed by atoms with van der Waals surface area (Å²) in [4.78, 5) is 6.95. The minimum absolute atomic E-state index is 0.573. The fraction of sp³-hybridized carbons (Fsp3) is 0.609. The molecule has 1 saturated carbocycles. The van der Waals surface area contributed by atoms with Crippen molar-refractivity contribution in [1.29, 1.82) is 0 Å². The first-order valence-corrected chi connectivity index (χ1v) is 12.6. The number of guanidine groups is 1. The molecule has 0 unspecified atom stereocenters. The maximum atomic E-state index is 5.82. The molecule has 0 bridgehead atoms. The molecule has 1 N–H and O–H groups in total. The molecule has 8 heteroatoms. The van der Waals surface area contributed by atoms with Crippen molar-refractivity contribution >= 4 is 17.7 Å². The molecule has 1 aliphatic rings. The number of aliphatic imine (C=N–C) groups is 1.